The van der Waals surface area contributed by atoms with Crippen molar-refractivity contribution >= 4 is 18.0 Å². The van der Waals surface area contributed by atoms with Crippen LogP contribution in [0.4, 0.5) is 4.39 Å². The maximum absolute atomic E-state index is 13.2. The number of halogens is 1. The number of rotatable bonds is 2. The topological polar surface area (TPSA) is 17.1 Å². The molecule has 3 heteroatoms. The Morgan fingerprint density at radius 3 is 2.67 bits per heavy atom. The fourth-order valence-electron chi connectivity index (χ4n) is 1.00. The van der Waals surface area contributed by atoms with Gasteiger partial charge in [0.05, 0.1) is 5.56 Å². The van der Waals surface area contributed by atoms with Crippen molar-refractivity contribution in [3.63, 3.8) is 0 Å². The van der Waals surface area contributed by atoms with Crippen LogP contribution in [0.1, 0.15) is 15.9 Å². The Hall–Kier alpha value is -0.830. The van der Waals surface area contributed by atoms with Crippen molar-refractivity contribution in [3.8, 4) is 0 Å². The molecule has 0 spiro atoms. The second-order valence-corrected chi connectivity index (χ2v) is 3.26. The molecule has 0 aliphatic carbocycles. The number of benzene rings is 1. The summed E-state index contributed by atoms with van der Waals surface area (Å²) in [5.41, 5.74) is 0.678. The van der Waals surface area contributed by atoms with Crippen LogP contribution in [0.5, 0.6) is 0 Å². The van der Waals surface area contributed by atoms with Crippen LogP contribution >= 0.6 is 11.8 Å². The highest BCUT2D eigenvalue weighted by atomic mass is 32.2. The molecule has 0 aromatic heterocycles. The van der Waals surface area contributed by atoms with E-state index in [0.29, 0.717) is 11.8 Å². The molecular formula is C9H9FOS. The first-order valence-corrected chi connectivity index (χ1v) is 4.71. The Morgan fingerprint density at radius 2 is 2.17 bits per heavy atom. The predicted molar refractivity (Wildman–Crippen MR) is 48.3 cm³/mol. The third kappa shape index (κ3) is 1.50. The van der Waals surface area contributed by atoms with E-state index >= 15 is 0 Å². The lowest BCUT2D eigenvalue weighted by molar-refractivity contribution is 0.111. The molecular weight excluding hydrogens is 175 g/mol. The average molecular weight is 184 g/mol. The zero-order valence-corrected chi connectivity index (χ0v) is 7.74. The zero-order chi connectivity index (χ0) is 9.14. The van der Waals surface area contributed by atoms with Crippen molar-refractivity contribution in [2.45, 2.75) is 11.8 Å². The maximum atomic E-state index is 13.2. The van der Waals surface area contributed by atoms with E-state index in [1.54, 1.807) is 13.0 Å². The van der Waals surface area contributed by atoms with Gasteiger partial charge in [0.15, 0.2) is 6.29 Å². The molecule has 0 bridgehead atoms. The molecule has 0 N–H and O–H groups in total. The summed E-state index contributed by atoms with van der Waals surface area (Å²) in [4.78, 5) is 11.2. The van der Waals surface area contributed by atoms with Gasteiger partial charge in [-0.2, -0.15) is 0 Å². The molecule has 0 saturated heterocycles. The molecule has 1 rings (SSSR count). The van der Waals surface area contributed by atoms with Crippen LogP contribution in [0.3, 0.4) is 0 Å². The average Bonchev–Trinajstić information content (AvgIpc) is 2.10. The van der Waals surface area contributed by atoms with Crippen molar-refractivity contribution in [1.82, 2.24) is 0 Å². The molecule has 12 heavy (non-hydrogen) atoms. The lowest BCUT2D eigenvalue weighted by atomic mass is 10.1. The van der Waals surface area contributed by atoms with E-state index in [1.165, 1.54) is 17.8 Å². The van der Waals surface area contributed by atoms with E-state index in [2.05, 4.69) is 0 Å². The molecule has 0 atom stereocenters. The van der Waals surface area contributed by atoms with E-state index in [1.807, 2.05) is 6.26 Å². The van der Waals surface area contributed by atoms with Gasteiger partial charge in [-0.15, -0.1) is 11.8 Å². The first kappa shape index (κ1) is 9.26. The lowest BCUT2D eigenvalue weighted by Gasteiger charge is -2.04. The molecule has 1 aromatic rings. The van der Waals surface area contributed by atoms with Gasteiger partial charge in [-0.1, -0.05) is 0 Å². The summed E-state index contributed by atoms with van der Waals surface area (Å²) in [5, 5.41) is 0. The first-order chi connectivity index (χ1) is 5.70. The van der Waals surface area contributed by atoms with Crippen molar-refractivity contribution in [2.24, 2.45) is 0 Å². The highest BCUT2D eigenvalue weighted by molar-refractivity contribution is 7.98. The fraction of sp³-hybridized carbons (Fsp3) is 0.222. The van der Waals surface area contributed by atoms with E-state index < -0.39 is 5.82 Å². The second-order valence-electron chi connectivity index (χ2n) is 2.41. The minimum absolute atomic E-state index is 0.130. The van der Waals surface area contributed by atoms with Gasteiger partial charge >= 0.3 is 0 Å². The maximum Gasteiger partial charge on any atom is 0.153 e. The lowest BCUT2D eigenvalue weighted by Crippen LogP contribution is -1.92. The van der Waals surface area contributed by atoms with Crippen molar-refractivity contribution < 1.29 is 9.18 Å². The van der Waals surface area contributed by atoms with E-state index in [4.69, 9.17) is 0 Å². The molecule has 0 radical (unpaired) electrons. The smallest absolute Gasteiger partial charge is 0.153 e. The van der Waals surface area contributed by atoms with E-state index in [-0.39, 0.29) is 5.56 Å². The Kier molecular flexibility index (Phi) is 2.87. The van der Waals surface area contributed by atoms with Gasteiger partial charge in [0, 0.05) is 4.90 Å². The summed E-state index contributed by atoms with van der Waals surface area (Å²) in [5.74, 6) is -0.406. The minimum Gasteiger partial charge on any atom is -0.298 e. The van der Waals surface area contributed by atoms with Crippen molar-refractivity contribution in [1.29, 1.82) is 0 Å². The molecule has 0 aliphatic rings. The molecule has 0 aliphatic heterocycles. The Labute approximate surface area is 75.0 Å². The van der Waals surface area contributed by atoms with Gasteiger partial charge in [0.1, 0.15) is 5.82 Å². The summed E-state index contributed by atoms with van der Waals surface area (Å²) in [7, 11) is 0. The number of carbonyl (C=O) groups is 1. The second kappa shape index (κ2) is 3.72. The van der Waals surface area contributed by atoms with Crippen LogP contribution in [0.2, 0.25) is 0 Å². The van der Waals surface area contributed by atoms with Crippen LogP contribution in [0.25, 0.3) is 0 Å². The number of hydrogen-bond donors (Lipinski definition) is 0. The van der Waals surface area contributed by atoms with Crippen LogP contribution in [0, 0.1) is 12.7 Å². The van der Waals surface area contributed by atoms with Gasteiger partial charge in [-0.05, 0) is 30.9 Å². The van der Waals surface area contributed by atoms with E-state index in [0.717, 1.165) is 4.90 Å². The monoisotopic (exact) mass is 184 g/mol. The molecule has 0 unspecified atom stereocenters. The number of aldehydes is 1. The summed E-state index contributed by atoms with van der Waals surface area (Å²) in [6, 6.07) is 3.26. The number of hydrogen-bond acceptors (Lipinski definition) is 2. The summed E-state index contributed by atoms with van der Waals surface area (Å²) < 4.78 is 13.2. The van der Waals surface area contributed by atoms with Gasteiger partial charge in [-0.25, -0.2) is 4.39 Å². The van der Waals surface area contributed by atoms with Gasteiger partial charge in [0.2, 0.25) is 0 Å². The fourth-order valence-corrected chi connectivity index (χ4v) is 1.60. The third-order valence-corrected chi connectivity index (χ3v) is 2.60. The minimum atomic E-state index is -0.406. The standard InChI is InChI=1S/C9H9FOS/c1-6-8(12-2)4-3-7(5-11)9(6)10/h3-5H,1-2H3. The summed E-state index contributed by atoms with van der Waals surface area (Å²) >= 11 is 1.47. The third-order valence-electron chi connectivity index (χ3n) is 1.71. The van der Waals surface area contributed by atoms with Crippen LogP contribution in [-0.2, 0) is 0 Å². The number of carbonyl (C=O) groups excluding carboxylic acids is 1. The number of thioether (sulfide) groups is 1. The highest BCUT2D eigenvalue weighted by Crippen LogP contribution is 2.23. The molecule has 64 valence electrons. The van der Waals surface area contributed by atoms with Crippen LogP contribution in [0.15, 0.2) is 17.0 Å². The largest absolute Gasteiger partial charge is 0.298 e. The molecule has 0 saturated carbocycles. The molecule has 0 heterocycles. The Morgan fingerprint density at radius 1 is 1.50 bits per heavy atom. The quantitative estimate of drug-likeness (QED) is 0.519. The van der Waals surface area contributed by atoms with Gasteiger partial charge in [0.25, 0.3) is 0 Å². The van der Waals surface area contributed by atoms with E-state index in [9.17, 15) is 9.18 Å². The van der Waals surface area contributed by atoms with Crippen molar-refractivity contribution in [2.75, 3.05) is 6.26 Å². The zero-order valence-electron chi connectivity index (χ0n) is 6.93. The van der Waals surface area contributed by atoms with Crippen LogP contribution < -0.4 is 0 Å². The Balaban J connectivity index is 3.29. The Bertz CT molecular complexity index is 310. The first-order valence-electron chi connectivity index (χ1n) is 3.49. The molecule has 1 nitrogen and oxygen atoms in total. The summed E-state index contributed by atoms with van der Waals surface area (Å²) in [6.45, 7) is 1.67. The van der Waals surface area contributed by atoms with Gasteiger partial charge in [-0.3, -0.25) is 4.79 Å². The molecule has 1 aromatic carbocycles. The summed E-state index contributed by atoms with van der Waals surface area (Å²) in [6.07, 6.45) is 2.41. The van der Waals surface area contributed by atoms with Crippen molar-refractivity contribution in [3.05, 3.63) is 29.1 Å². The molecule has 0 amide bonds. The highest BCUT2D eigenvalue weighted by Gasteiger charge is 2.07. The normalized spacial score (nSPS) is 9.92. The molecule has 0 fully saturated rings. The van der Waals surface area contributed by atoms with Crippen LogP contribution in [-0.4, -0.2) is 12.5 Å². The predicted octanol–water partition coefficient (Wildman–Crippen LogP) is 2.67. The van der Waals surface area contributed by atoms with Gasteiger partial charge < -0.3 is 0 Å². The SMILES string of the molecule is CSc1ccc(C=O)c(F)c1C.